The summed E-state index contributed by atoms with van der Waals surface area (Å²) in [6.07, 6.45) is 1.08. The maximum atomic E-state index is 13.0. The Labute approximate surface area is 109 Å². The quantitative estimate of drug-likeness (QED) is 0.785. The maximum absolute atomic E-state index is 13.0. The van der Waals surface area contributed by atoms with Crippen LogP contribution in [0.2, 0.25) is 0 Å². The molecule has 2 rings (SSSR count). The van der Waals surface area contributed by atoms with Gasteiger partial charge in [0.1, 0.15) is 0 Å². The number of Topliss-reactive ketones (excluding diaryl/α,β-unsaturated/α-hetero) is 1. The van der Waals surface area contributed by atoms with Gasteiger partial charge in [-0.15, -0.1) is 0 Å². The minimum absolute atomic E-state index is 0.173. The normalized spacial score (nSPS) is 19.4. The number of carbonyl (C=O) groups is 1. The molecule has 0 saturated carbocycles. The van der Waals surface area contributed by atoms with Crippen LogP contribution >= 0.6 is 11.8 Å². The van der Waals surface area contributed by atoms with Crippen molar-refractivity contribution in [2.75, 3.05) is 25.1 Å². The summed E-state index contributed by atoms with van der Waals surface area (Å²) in [6, 6.07) is 3.70. The lowest BCUT2D eigenvalue weighted by Gasteiger charge is -2.22. The molecule has 0 N–H and O–H groups in total. The monoisotopic (exact) mass is 271 g/mol. The fourth-order valence-corrected chi connectivity index (χ4v) is 3.28. The lowest BCUT2D eigenvalue weighted by molar-refractivity contribution is 0.0926. The average molecular weight is 271 g/mol. The highest BCUT2D eigenvalue weighted by atomic mass is 32.2. The molecule has 5 heteroatoms. The Hall–Kier alpha value is -0.940. The second-order valence-electron chi connectivity index (χ2n) is 4.48. The van der Waals surface area contributed by atoms with Crippen molar-refractivity contribution in [2.24, 2.45) is 0 Å². The van der Waals surface area contributed by atoms with E-state index in [1.165, 1.54) is 6.07 Å². The molecule has 0 aromatic heterocycles. The molecule has 0 amide bonds. The predicted octanol–water partition coefficient (Wildman–Crippen LogP) is 2.58. The molecule has 1 aromatic carbocycles. The van der Waals surface area contributed by atoms with Gasteiger partial charge in [-0.05, 0) is 37.4 Å². The van der Waals surface area contributed by atoms with E-state index in [4.69, 9.17) is 0 Å². The largest absolute Gasteiger partial charge is 0.295 e. The highest BCUT2D eigenvalue weighted by molar-refractivity contribution is 7.99. The van der Waals surface area contributed by atoms with Gasteiger partial charge in [0.2, 0.25) is 0 Å². The lowest BCUT2D eigenvalue weighted by Crippen LogP contribution is -2.35. The van der Waals surface area contributed by atoms with Gasteiger partial charge in [-0.2, -0.15) is 11.8 Å². The number of nitrogens with zero attached hydrogens (tertiary/aromatic N) is 1. The zero-order valence-corrected chi connectivity index (χ0v) is 11.0. The SMILES string of the molecule is CN(CC(=O)c1ccc(F)c(F)c1)C1CCSC1. The standard InChI is InChI=1S/C13H15F2NOS/c1-16(10-4-5-18-8-10)7-13(17)9-2-3-11(14)12(15)6-9/h2-3,6,10H,4-5,7-8H2,1H3. The molecule has 1 heterocycles. The fourth-order valence-electron chi connectivity index (χ4n) is 1.99. The average Bonchev–Trinajstić information content (AvgIpc) is 2.86. The maximum Gasteiger partial charge on any atom is 0.176 e. The Balaban J connectivity index is 2.00. The second-order valence-corrected chi connectivity index (χ2v) is 5.63. The van der Waals surface area contributed by atoms with Gasteiger partial charge in [-0.3, -0.25) is 9.69 Å². The van der Waals surface area contributed by atoms with E-state index < -0.39 is 11.6 Å². The molecule has 18 heavy (non-hydrogen) atoms. The molecule has 98 valence electrons. The van der Waals surface area contributed by atoms with Crippen molar-refractivity contribution in [3.8, 4) is 0 Å². The van der Waals surface area contributed by atoms with Crippen molar-refractivity contribution in [1.29, 1.82) is 0 Å². The summed E-state index contributed by atoms with van der Waals surface area (Å²) in [4.78, 5) is 13.9. The highest BCUT2D eigenvalue weighted by Crippen LogP contribution is 2.21. The summed E-state index contributed by atoms with van der Waals surface area (Å²) in [7, 11) is 1.90. The van der Waals surface area contributed by atoms with Crippen molar-refractivity contribution in [2.45, 2.75) is 12.5 Å². The minimum atomic E-state index is -0.972. The van der Waals surface area contributed by atoms with E-state index in [-0.39, 0.29) is 17.9 Å². The first-order valence-electron chi connectivity index (χ1n) is 5.84. The van der Waals surface area contributed by atoms with E-state index in [2.05, 4.69) is 0 Å². The van der Waals surface area contributed by atoms with Gasteiger partial charge in [0.15, 0.2) is 17.4 Å². The molecule has 0 radical (unpaired) electrons. The summed E-state index contributed by atoms with van der Waals surface area (Å²) in [6.45, 7) is 0.246. The molecular formula is C13H15F2NOS. The second kappa shape index (κ2) is 5.80. The van der Waals surface area contributed by atoms with Crippen LogP contribution in [0.5, 0.6) is 0 Å². The van der Waals surface area contributed by atoms with Crippen molar-refractivity contribution >= 4 is 17.5 Å². The number of rotatable bonds is 4. The van der Waals surface area contributed by atoms with Crippen molar-refractivity contribution in [3.63, 3.8) is 0 Å². The number of ketones is 1. The van der Waals surface area contributed by atoms with Gasteiger partial charge in [-0.25, -0.2) is 8.78 Å². The molecule has 1 aliphatic rings. The summed E-state index contributed by atoms with van der Waals surface area (Å²) in [5.74, 6) is 0.0796. The number of hydrogen-bond donors (Lipinski definition) is 0. The molecule has 0 bridgehead atoms. The van der Waals surface area contributed by atoms with Gasteiger partial charge in [-0.1, -0.05) is 0 Å². The molecule has 2 nitrogen and oxygen atoms in total. The third kappa shape index (κ3) is 3.09. The first-order valence-corrected chi connectivity index (χ1v) is 6.99. The molecule has 1 saturated heterocycles. The van der Waals surface area contributed by atoms with Crippen LogP contribution in [0.4, 0.5) is 8.78 Å². The van der Waals surface area contributed by atoms with E-state index in [1.807, 2.05) is 23.7 Å². The molecule has 1 fully saturated rings. The van der Waals surface area contributed by atoms with Gasteiger partial charge in [0.25, 0.3) is 0 Å². The Kier molecular flexibility index (Phi) is 4.35. The van der Waals surface area contributed by atoms with E-state index in [0.29, 0.717) is 6.04 Å². The lowest BCUT2D eigenvalue weighted by atomic mass is 10.1. The topological polar surface area (TPSA) is 20.3 Å². The van der Waals surface area contributed by atoms with Gasteiger partial charge < -0.3 is 0 Å². The van der Waals surface area contributed by atoms with Crippen LogP contribution < -0.4 is 0 Å². The Bertz CT molecular complexity index is 447. The van der Waals surface area contributed by atoms with Gasteiger partial charge >= 0.3 is 0 Å². The number of likely N-dealkylation sites (N-methyl/N-ethyl adjacent to an activating group) is 1. The summed E-state index contributed by atoms with van der Waals surface area (Å²) in [5.41, 5.74) is 0.228. The van der Waals surface area contributed by atoms with Crippen LogP contribution in [0.15, 0.2) is 18.2 Å². The van der Waals surface area contributed by atoms with Gasteiger partial charge in [0, 0.05) is 17.4 Å². The van der Waals surface area contributed by atoms with Gasteiger partial charge in [0.05, 0.1) is 6.54 Å². The first-order chi connectivity index (χ1) is 8.58. The zero-order chi connectivity index (χ0) is 13.1. The Morgan fingerprint density at radius 3 is 2.83 bits per heavy atom. The van der Waals surface area contributed by atoms with Crippen molar-refractivity contribution in [3.05, 3.63) is 35.4 Å². The first kappa shape index (κ1) is 13.5. The third-order valence-corrected chi connectivity index (χ3v) is 4.31. The van der Waals surface area contributed by atoms with Crippen LogP contribution in [0.1, 0.15) is 16.8 Å². The highest BCUT2D eigenvalue weighted by Gasteiger charge is 2.22. The number of thioether (sulfide) groups is 1. The van der Waals surface area contributed by atoms with Crippen LogP contribution in [-0.2, 0) is 0 Å². The van der Waals surface area contributed by atoms with E-state index in [9.17, 15) is 13.6 Å². The Morgan fingerprint density at radius 1 is 1.44 bits per heavy atom. The molecule has 1 unspecified atom stereocenters. The zero-order valence-electron chi connectivity index (χ0n) is 10.2. The fraction of sp³-hybridized carbons (Fsp3) is 0.462. The smallest absolute Gasteiger partial charge is 0.176 e. The van der Waals surface area contributed by atoms with Crippen molar-refractivity contribution in [1.82, 2.24) is 4.90 Å². The number of halogens is 2. The van der Waals surface area contributed by atoms with E-state index in [0.717, 1.165) is 30.1 Å². The van der Waals surface area contributed by atoms with Crippen LogP contribution in [-0.4, -0.2) is 41.8 Å². The molecule has 0 spiro atoms. The summed E-state index contributed by atoms with van der Waals surface area (Å²) < 4.78 is 25.8. The molecule has 0 aliphatic carbocycles. The van der Waals surface area contributed by atoms with Crippen LogP contribution in [0, 0.1) is 11.6 Å². The predicted molar refractivity (Wildman–Crippen MR) is 69.0 cm³/mol. The Morgan fingerprint density at radius 2 is 2.22 bits per heavy atom. The minimum Gasteiger partial charge on any atom is -0.295 e. The van der Waals surface area contributed by atoms with E-state index in [1.54, 1.807) is 0 Å². The number of benzene rings is 1. The van der Waals surface area contributed by atoms with Crippen molar-refractivity contribution < 1.29 is 13.6 Å². The summed E-state index contributed by atoms with van der Waals surface area (Å²) >= 11 is 1.88. The summed E-state index contributed by atoms with van der Waals surface area (Å²) in [5, 5.41) is 0. The number of hydrogen-bond acceptors (Lipinski definition) is 3. The van der Waals surface area contributed by atoms with E-state index >= 15 is 0 Å². The third-order valence-electron chi connectivity index (χ3n) is 3.16. The van der Waals surface area contributed by atoms with Crippen LogP contribution in [0.3, 0.4) is 0 Å². The molecule has 1 aromatic rings. The van der Waals surface area contributed by atoms with Crippen LogP contribution in [0.25, 0.3) is 0 Å². The molecular weight excluding hydrogens is 256 g/mol. The molecule has 1 aliphatic heterocycles. The number of carbonyl (C=O) groups excluding carboxylic acids is 1. The molecule has 1 atom stereocenters.